The number of benzene rings is 2. The minimum Gasteiger partial charge on any atom is -0.391 e. The van der Waals surface area contributed by atoms with Crippen LogP contribution in [0.4, 0.5) is 0 Å². The van der Waals surface area contributed by atoms with Gasteiger partial charge < -0.3 is 42.3 Å². The van der Waals surface area contributed by atoms with Gasteiger partial charge in [0.1, 0.15) is 30.2 Å². The number of hydrogen-bond donors (Lipinski definition) is 7. The first-order valence-corrected chi connectivity index (χ1v) is 20.5. The van der Waals surface area contributed by atoms with E-state index in [2.05, 4.69) is 52.3 Å². The van der Waals surface area contributed by atoms with Crippen molar-refractivity contribution < 1.29 is 33.9 Å². The van der Waals surface area contributed by atoms with E-state index in [1.165, 1.54) is 13.8 Å². The van der Waals surface area contributed by atoms with E-state index < -0.39 is 65.8 Å². The average Bonchev–Trinajstić information content (AvgIpc) is 3.19. The van der Waals surface area contributed by atoms with Gasteiger partial charge >= 0.3 is 0 Å². The van der Waals surface area contributed by atoms with Crippen molar-refractivity contribution in [2.24, 2.45) is 11.7 Å². The highest BCUT2D eigenvalue weighted by atomic mass is 16.3. The average molecular weight is 792 g/mol. The monoisotopic (exact) mass is 791 g/mol. The molecule has 0 spiro atoms. The predicted octanol–water partition coefficient (Wildman–Crippen LogP) is 2.26. The fourth-order valence-electron chi connectivity index (χ4n) is 7.12. The van der Waals surface area contributed by atoms with Crippen LogP contribution in [0.25, 0.3) is 0 Å². The zero-order chi connectivity index (χ0) is 41.9. The standard InChI is InChI=1S/C43H65N7O7/c1-6-50(28(2)3)25-17-16-24-34(41(55)49-37(30(5)51)38(44)52)46-43(57)36(27-32-20-12-8-13-21-32)47-39(53)29(4)45-42(56)35(26-31-18-10-7-11-19-31)48-40(54)33-22-14-9-15-23-33/h7-8,10-13,18-21,28-30,33-37,51H,6,9,14-17,22-27H2,1-5H3,(H2,44,52)(H,45,56)(H,46,57)(H,47,53)(H,48,54)(H,49,55)/t29-,30-,34-,35-,36-,37?/m0/s1. The Balaban J connectivity index is 1.79. The summed E-state index contributed by atoms with van der Waals surface area (Å²) in [7, 11) is 0. The molecule has 0 bridgehead atoms. The van der Waals surface area contributed by atoms with Crippen LogP contribution in [0, 0.1) is 5.92 Å². The number of primary amides is 1. The lowest BCUT2D eigenvalue weighted by Crippen LogP contribution is -2.60. The quantitative estimate of drug-likeness (QED) is 0.0828. The topological polar surface area (TPSA) is 212 Å². The van der Waals surface area contributed by atoms with Gasteiger partial charge in [-0.1, -0.05) is 86.8 Å². The number of carbonyl (C=O) groups excluding carboxylic acids is 6. The Bertz CT molecular complexity index is 1580. The lowest BCUT2D eigenvalue weighted by atomic mass is 9.88. The van der Waals surface area contributed by atoms with Gasteiger partial charge in [0.15, 0.2) is 0 Å². The van der Waals surface area contributed by atoms with E-state index in [4.69, 9.17) is 5.73 Å². The molecule has 8 N–H and O–H groups in total. The van der Waals surface area contributed by atoms with Gasteiger partial charge in [0.2, 0.25) is 35.4 Å². The van der Waals surface area contributed by atoms with Crippen LogP contribution in [0.2, 0.25) is 0 Å². The Morgan fingerprint density at radius 3 is 1.70 bits per heavy atom. The van der Waals surface area contributed by atoms with Gasteiger partial charge in [-0.05, 0) is 84.0 Å². The van der Waals surface area contributed by atoms with E-state index in [-0.39, 0.29) is 31.1 Å². The second-order valence-electron chi connectivity index (χ2n) is 15.5. The highest BCUT2D eigenvalue weighted by Crippen LogP contribution is 2.24. The van der Waals surface area contributed by atoms with Crippen molar-refractivity contribution in [1.29, 1.82) is 0 Å². The van der Waals surface area contributed by atoms with E-state index in [1.807, 2.05) is 36.4 Å². The molecule has 14 nitrogen and oxygen atoms in total. The third-order valence-corrected chi connectivity index (χ3v) is 10.6. The van der Waals surface area contributed by atoms with Crippen molar-refractivity contribution in [3.05, 3.63) is 71.8 Å². The van der Waals surface area contributed by atoms with Crippen LogP contribution < -0.4 is 32.3 Å². The second-order valence-corrected chi connectivity index (χ2v) is 15.5. The van der Waals surface area contributed by atoms with E-state index in [9.17, 15) is 33.9 Å². The molecule has 1 unspecified atom stereocenters. The number of amides is 6. The van der Waals surface area contributed by atoms with Crippen LogP contribution >= 0.6 is 0 Å². The van der Waals surface area contributed by atoms with Gasteiger partial charge in [0, 0.05) is 24.8 Å². The van der Waals surface area contributed by atoms with Crippen molar-refractivity contribution in [1.82, 2.24) is 31.5 Å². The molecule has 14 heteroatoms. The van der Waals surface area contributed by atoms with Gasteiger partial charge in [-0.25, -0.2) is 0 Å². The maximum atomic E-state index is 14.1. The molecule has 0 aliphatic heterocycles. The molecular weight excluding hydrogens is 727 g/mol. The Labute approximate surface area is 337 Å². The molecule has 0 saturated heterocycles. The number of rotatable bonds is 23. The second kappa shape index (κ2) is 24.1. The van der Waals surface area contributed by atoms with Gasteiger partial charge in [-0.2, -0.15) is 0 Å². The van der Waals surface area contributed by atoms with Crippen molar-refractivity contribution in [2.45, 2.75) is 141 Å². The lowest BCUT2D eigenvalue weighted by molar-refractivity contribution is -0.135. The normalized spacial score (nSPS) is 16.4. The number of unbranched alkanes of at least 4 members (excludes halogenated alkanes) is 1. The fourth-order valence-corrected chi connectivity index (χ4v) is 7.12. The van der Waals surface area contributed by atoms with Crippen molar-refractivity contribution in [2.75, 3.05) is 13.1 Å². The third-order valence-electron chi connectivity index (χ3n) is 10.6. The molecule has 3 rings (SSSR count). The number of aliphatic hydroxyl groups excluding tert-OH is 1. The molecule has 6 atom stereocenters. The molecule has 0 aromatic heterocycles. The zero-order valence-corrected chi connectivity index (χ0v) is 34.3. The lowest BCUT2D eigenvalue weighted by Gasteiger charge is -2.28. The Morgan fingerprint density at radius 2 is 1.19 bits per heavy atom. The Morgan fingerprint density at radius 1 is 0.684 bits per heavy atom. The molecular formula is C43H65N7O7. The number of nitrogens with two attached hydrogens (primary N) is 1. The largest absolute Gasteiger partial charge is 0.391 e. The molecule has 1 aliphatic rings. The molecule has 2 aromatic rings. The van der Waals surface area contributed by atoms with Crippen LogP contribution in [0.15, 0.2) is 60.7 Å². The molecule has 1 fully saturated rings. The van der Waals surface area contributed by atoms with E-state index >= 15 is 0 Å². The van der Waals surface area contributed by atoms with Crippen LogP contribution in [-0.2, 0) is 41.6 Å². The number of nitrogens with one attached hydrogen (secondary N) is 5. The maximum Gasteiger partial charge on any atom is 0.243 e. The summed E-state index contributed by atoms with van der Waals surface area (Å²) in [4.78, 5) is 82.7. The number of hydrogen-bond acceptors (Lipinski definition) is 8. The Hall–Kier alpha value is -4.82. The van der Waals surface area contributed by atoms with Crippen LogP contribution in [0.5, 0.6) is 0 Å². The summed E-state index contributed by atoms with van der Waals surface area (Å²) in [6.07, 6.45) is 5.04. The van der Waals surface area contributed by atoms with Gasteiger partial charge in [0.25, 0.3) is 0 Å². The third kappa shape index (κ3) is 15.9. The highest BCUT2D eigenvalue weighted by Gasteiger charge is 2.33. The summed E-state index contributed by atoms with van der Waals surface area (Å²) >= 11 is 0. The summed E-state index contributed by atoms with van der Waals surface area (Å²) in [6.45, 7) is 10.7. The number of aliphatic hydroxyl groups is 1. The van der Waals surface area contributed by atoms with Crippen LogP contribution in [0.1, 0.15) is 97.1 Å². The summed E-state index contributed by atoms with van der Waals surface area (Å²) < 4.78 is 0. The molecule has 314 valence electrons. The van der Waals surface area contributed by atoms with Crippen molar-refractivity contribution >= 4 is 35.4 Å². The molecule has 0 heterocycles. The van der Waals surface area contributed by atoms with Crippen molar-refractivity contribution in [3.63, 3.8) is 0 Å². The molecule has 6 amide bonds. The molecule has 1 saturated carbocycles. The molecule has 1 aliphatic carbocycles. The SMILES string of the molecule is CCN(CCCC[C@H](NC(=O)[C@H](Cc1ccccc1)NC(=O)[C@H](C)NC(=O)[C@H](Cc1ccccc1)NC(=O)C1CCCCC1)C(=O)NC(C(N)=O)[C@H](C)O)C(C)C. The zero-order valence-electron chi connectivity index (χ0n) is 34.3. The van der Waals surface area contributed by atoms with Gasteiger partial charge in [-0.15, -0.1) is 0 Å². The molecule has 2 aromatic carbocycles. The fraction of sp³-hybridized carbons (Fsp3) is 0.581. The first kappa shape index (κ1) is 46.6. The van der Waals surface area contributed by atoms with Gasteiger partial charge in [-0.3, -0.25) is 28.8 Å². The summed E-state index contributed by atoms with van der Waals surface area (Å²) in [5, 5.41) is 23.8. The van der Waals surface area contributed by atoms with Gasteiger partial charge in [0.05, 0.1) is 6.10 Å². The van der Waals surface area contributed by atoms with Crippen LogP contribution in [0.3, 0.4) is 0 Å². The number of carbonyl (C=O) groups is 6. The number of nitrogens with zero attached hydrogens (tertiary/aromatic N) is 1. The first-order chi connectivity index (χ1) is 27.2. The molecule has 57 heavy (non-hydrogen) atoms. The first-order valence-electron chi connectivity index (χ1n) is 20.5. The van der Waals surface area contributed by atoms with E-state index in [0.29, 0.717) is 12.5 Å². The van der Waals surface area contributed by atoms with Crippen LogP contribution in [-0.4, -0.2) is 101 Å². The summed E-state index contributed by atoms with van der Waals surface area (Å²) in [6, 6.07) is 13.0. The maximum absolute atomic E-state index is 14.1. The van der Waals surface area contributed by atoms with Crippen molar-refractivity contribution in [3.8, 4) is 0 Å². The predicted molar refractivity (Wildman–Crippen MR) is 219 cm³/mol. The minimum absolute atomic E-state index is 0.0684. The summed E-state index contributed by atoms with van der Waals surface area (Å²) in [5.41, 5.74) is 7.03. The smallest absolute Gasteiger partial charge is 0.243 e. The highest BCUT2D eigenvalue weighted by molar-refractivity contribution is 5.96. The van der Waals surface area contributed by atoms with E-state index in [0.717, 1.165) is 62.7 Å². The minimum atomic E-state index is -1.38. The van der Waals surface area contributed by atoms with E-state index in [1.54, 1.807) is 24.3 Å². The Kier molecular flexibility index (Phi) is 19.7. The summed E-state index contributed by atoms with van der Waals surface area (Å²) in [5.74, 6) is -3.81. The molecule has 0 radical (unpaired) electrons.